The Morgan fingerprint density at radius 1 is 1.29 bits per heavy atom. The van der Waals surface area contributed by atoms with E-state index in [1.807, 2.05) is 18.2 Å². The van der Waals surface area contributed by atoms with Gasteiger partial charge in [0.15, 0.2) is 11.5 Å². The van der Waals surface area contributed by atoms with Crippen LogP contribution in [0, 0.1) is 0 Å². The Kier molecular flexibility index (Phi) is 3.04. The molecule has 0 fully saturated rings. The Morgan fingerprint density at radius 2 is 2.07 bits per heavy atom. The average molecular weight is 233 g/mol. The molecule has 1 unspecified atom stereocenters. The van der Waals surface area contributed by atoms with Crippen LogP contribution in [0.5, 0.6) is 11.5 Å². The van der Waals surface area contributed by atoms with E-state index in [0.29, 0.717) is 12.7 Å². The van der Waals surface area contributed by atoms with Crippen molar-refractivity contribution in [2.75, 3.05) is 12.7 Å². The summed E-state index contributed by atoms with van der Waals surface area (Å²) in [7, 11) is 0. The number of benzene rings is 1. The molecule has 0 radical (unpaired) electrons. The molecule has 1 aromatic rings. The highest BCUT2D eigenvalue weighted by Crippen LogP contribution is 2.32. The Balaban J connectivity index is 2.12. The van der Waals surface area contributed by atoms with Gasteiger partial charge in [-0.05, 0) is 24.1 Å². The van der Waals surface area contributed by atoms with Gasteiger partial charge in [-0.1, -0.05) is 6.07 Å². The van der Waals surface area contributed by atoms with Crippen molar-refractivity contribution in [1.82, 2.24) is 0 Å². The van der Waals surface area contributed by atoms with Gasteiger partial charge in [0, 0.05) is 5.88 Å². The summed E-state index contributed by atoms with van der Waals surface area (Å²) in [6.07, 6.45) is 0.752. The molecule has 1 aliphatic heterocycles. The van der Waals surface area contributed by atoms with Crippen LogP contribution in [-0.2, 0) is 6.42 Å². The van der Waals surface area contributed by atoms with Gasteiger partial charge in [0.05, 0.1) is 5.38 Å². The predicted molar refractivity (Wildman–Crippen MR) is 56.6 cm³/mol. The summed E-state index contributed by atoms with van der Waals surface area (Å²) in [6.45, 7) is 0.304. The van der Waals surface area contributed by atoms with Crippen molar-refractivity contribution < 1.29 is 9.47 Å². The average Bonchev–Trinajstić information content (AvgIpc) is 2.64. The van der Waals surface area contributed by atoms with Gasteiger partial charge < -0.3 is 9.47 Å². The van der Waals surface area contributed by atoms with E-state index < -0.39 is 0 Å². The van der Waals surface area contributed by atoms with Gasteiger partial charge in [-0.3, -0.25) is 0 Å². The van der Waals surface area contributed by atoms with E-state index in [-0.39, 0.29) is 5.38 Å². The van der Waals surface area contributed by atoms with Crippen molar-refractivity contribution in [3.05, 3.63) is 23.8 Å². The van der Waals surface area contributed by atoms with E-state index in [0.717, 1.165) is 23.5 Å². The zero-order valence-electron chi connectivity index (χ0n) is 7.50. The summed E-state index contributed by atoms with van der Waals surface area (Å²) in [5.41, 5.74) is 1.12. The van der Waals surface area contributed by atoms with Crippen LogP contribution in [0.4, 0.5) is 0 Å². The zero-order chi connectivity index (χ0) is 9.97. The molecule has 0 amide bonds. The van der Waals surface area contributed by atoms with Crippen LogP contribution < -0.4 is 9.47 Å². The molecule has 1 aromatic carbocycles. The molecule has 76 valence electrons. The minimum Gasteiger partial charge on any atom is -0.454 e. The van der Waals surface area contributed by atoms with Crippen LogP contribution in [0.25, 0.3) is 0 Å². The number of hydrogen-bond donors (Lipinski definition) is 0. The molecule has 0 bridgehead atoms. The van der Waals surface area contributed by atoms with Crippen LogP contribution in [0.1, 0.15) is 5.56 Å². The lowest BCUT2D eigenvalue weighted by atomic mass is 10.1. The smallest absolute Gasteiger partial charge is 0.231 e. The molecular weight excluding hydrogens is 223 g/mol. The molecule has 0 saturated carbocycles. The van der Waals surface area contributed by atoms with Gasteiger partial charge in [0.2, 0.25) is 6.79 Å². The van der Waals surface area contributed by atoms with E-state index >= 15 is 0 Å². The van der Waals surface area contributed by atoms with E-state index in [2.05, 4.69) is 0 Å². The zero-order valence-corrected chi connectivity index (χ0v) is 9.02. The fourth-order valence-electron chi connectivity index (χ4n) is 1.38. The Morgan fingerprint density at radius 3 is 2.86 bits per heavy atom. The molecule has 4 heteroatoms. The van der Waals surface area contributed by atoms with Crippen LogP contribution in [-0.4, -0.2) is 18.1 Å². The lowest BCUT2D eigenvalue weighted by Crippen LogP contribution is -2.04. The topological polar surface area (TPSA) is 18.5 Å². The van der Waals surface area contributed by atoms with E-state index in [4.69, 9.17) is 32.7 Å². The monoisotopic (exact) mass is 232 g/mol. The molecule has 0 saturated heterocycles. The maximum atomic E-state index is 5.95. The van der Waals surface area contributed by atoms with E-state index in [1.165, 1.54) is 0 Å². The summed E-state index contributed by atoms with van der Waals surface area (Å²) in [5.74, 6) is 2.04. The maximum Gasteiger partial charge on any atom is 0.231 e. The number of hydrogen-bond acceptors (Lipinski definition) is 2. The SMILES string of the molecule is ClCC(Cl)Cc1ccc2c(c1)OCO2. The molecule has 0 N–H and O–H groups in total. The van der Waals surface area contributed by atoms with E-state index in [1.54, 1.807) is 0 Å². The van der Waals surface area contributed by atoms with Crippen molar-refractivity contribution in [2.24, 2.45) is 0 Å². The molecule has 2 rings (SSSR count). The second-order valence-electron chi connectivity index (χ2n) is 3.14. The second kappa shape index (κ2) is 4.28. The number of halogens is 2. The summed E-state index contributed by atoms with van der Waals surface area (Å²) in [6, 6.07) is 5.83. The van der Waals surface area contributed by atoms with Gasteiger partial charge in [0.25, 0.3) is 0 Å². The molecule has 2 nitrogen and oxygen atoms in total. The molecule has 0 aromatic heterocycles. The van der Waals surface area contributed by atoms with E-state index in [9.17, 15) is 0 Å². The first-order chi connectivity index (χ1) is 6.79. The Labute approximate surface area is 92.7 Å². The third kappa shape index (κ3) is 2.07. The maximum absolute atomic E-state index is 5.95. The standard InChI is InChI=1S/C10H10Cl2O2/c11-5-8(12)3-7-1-2-9-10(4-7)14-6-13-9/h1-2,4,8H,3,5-6H2. The van der Waals surface area contributed by atoms with Gasteiger partial charge >= 0.3 is 0 Å². The van der Waals surface area contributed by atoms with Crippen LogP contribution in [0.3, 0.4) is 0 Å². The molecule has 1 heterocycles. The summed E-state index contributed by atoms with van der Waals surface area (Å²) < 4.78 is 10.5. The normalized spacial score (nSPS) is 15.6. The lowest BCUT2D eigenvalue weighted by Gasteiger charge is -2.05. The first-order valence-corrected chi connectivity index (χ1v) is 5.35. The van der Waals surface area contributed by atoms with Crippen molar-refractivity contribution in [2.45, 2.75) is 11.8 Å². The van der Waals surface area contributed by atoms with Crippen molar-refractivity contribution >= 4 is 23.2 Å². The van der Waals surface area contributed by atoms with Crippen LogP contribution in [0.15, 0.2) is 18.2 Å². The van der Waals surface area contributed by atoms with Crippen molar-refractivity contribution in [3.8, 4) is 11.5 Å². The summed E-state index contributed by atoms with van der Waals surface area (Å²) in [5, 5.41) is -0.0305. The lowest BCUT2D eigenvalue weighted by molar-refractivity contribution is 0.174. The van der Waals surface area contributed by atoms with Gasteiger partial charge in [-0.25, -0.2) is 0 Å². The first-order valence-electron chi connectivity index (χ1n) is 4.38. The van der Waals surface area contributed by atoms with Gasteiger partial charge in [-0.15, -0.1) is 23.2 Å². The minimum atomic E-state index is -0.0305. The number of rotatable bonds is 3. The van der Waals surface area contributed by atoms with Gasteiger partial charge in [0.1, 0.15) is 0 Å². The predicted octanol–water partition coefficient (Wildman–Crippen LogP) is 2.80. The number of alkyl halides is 2. The Hall–Kier alpha value is -0.600. The highest BCUT2D eigenvalue weighted by molar-refractivity contribution is 6.28. The molecular formula is C10H10Cl2O2. The summed E-state index contributed by atoms with van der Waals surface area (Å²) in [4.78, 5) is 0. The molecule has 14 heavy (non-hydrogen) atoms. The summed E-state index contributed by atoms with van der Waals surface area (Å²) >= 11 is 11.6. The molecule has 1 aliphatic rings. The highest BCUT2D eigenvalue weighted by Gasteiger charge is 2.14. The molecule has 0 spiro atoms. The van der Waals surface area contributed by atoms with Crippen molar-refractivity contribution in [1.29, 1.82) is 0 Å². The highest BCUT2D eigenvalue weighted by atomic mass is 35.5. The third-order valence-electron chi connectivity index (χ3n) is 2.06. The fraction of sp³-hybridized carbons (Fsp3) is 0.400. The minimum absolute atomic E-state index is 0.0305. The Bertz CT molecular complexity index is 328. The third-order valence-corrected chi connectivity index (χ3v) is 2.90. The number of fused-ring (bicyclic) bond motifs is 1. The fourth-order valence-corrected chi connectivity index (χ4v) is 1.67. The molecule has 1 atom stereocenters. The second-order valence-corrected chi connectivity index (χ2v) is 4.07. The van der Waals surface area contributed by atoms with Crippen LogP contribution in [0.2, 0.25) is 0 Å². The van der Waals surface area contributed by atoms with Gasteiger partial charge in [-0.2, -0.15) is 0 Å². The van der Waals surface area contributed by atoms with Crippen molar-refractivity contribution in [3.63, 3.8) is 0 Å². The molecule has 0 aliphatic carbocycles. The number of ether oxygens (including phenoxy) is 2. The largest absolute Gasteiger partial charge is 0.454 e. The quantitative estimate of drug-likeness (QED) is 0.747. The van der Waals surface area contributed by atoms with Crippen LogP contribution >= 0.6 is 23.2 Å². The first kappa shape index (κ1) is 9.94.